The Hall–Kier alpha value is -0.157. The van der Waals surface area contributed by atoms with Gasteiger partial charge in [0.25, 0.3) is 0 Å². The number of hydrogen-bond donors (Lipinski definition) is 0. The van der Waals surface area contributed by atoms with Gasteiger partial charge < -0.3 is 13.8 Å². The van der Waals surface area contributed by atoms with Crippen molar-refractivity contribution in [3.05, 3.63) is 62.0 Å². The largest absolute Gasteiger partial charge is 4.00 e. The molecule has 1 saturated carbocycles. The standard InChI is InChI=1S/C6H7.C6H11.C5H5.CH3.Zr/c1-6-4-2-3-5-6;1-2-4-6-5-3-1;1-2-4-5-3-1;;/h2,4H,3H2,1H3;1H,2-6H2;1-3H,4H2;1H3;/q4*-1;+4. The second-order valence-corrected chi connectivity index (χ2v) is 4.40. The summed E-state index contributed by atoms with van der Waals surface area (Å²) >= 11 is 0. The van der Waals surface area contributed by atoms with E-state index in [0.29, 0.717) is 0 Å². The summed E-state index contributed by atoms with van der Waals surface area (Å²) in [5.41, 5.74) is 1.27. The van der Waals surface area contributed by atoms with E-state index >= 15 is 0 Å². The van der Waals surface area contributed by atoms with Crippen molar-refractivity contribution in [1.29, 1.82) is 0 Å². The average Bonchev–Trinajstić information content (AvgIpc) is 3.07. The van der Waals surface area contributed by atoms with Crippen LogP contribution in [0.5, 0.6) is 0 Å². The minimum atomic E-state index is 0. The maximum absolute atomic E-state index is 3.12. The number of hydrogen-bond acceptors (Lipinski definition) is 0. The number of allylic oxidation sites excluding steroid dienone is 8. The molecule has 0 unspecified atom stereocenters. The van der Waals surface area contributed by atoms with Crippen LogP contribution in [-0.2, 0) is 26.2 Å². The van der Waals surface area contributed by atoms with E-state index in [0.717, 1.165) is 12.8 Å². The topological polar surface area (TPSA) is 0 Å². The molecule has 3 rings (SSSR count). The molecule has 0 spiro atoms. The van der Waals surface area contributed by atoms with E-state index in [1.807, 2.05) is 12.2 Å². The van der Waals surface area contributed by atoms with Crippen molar-refractivity contribution in [3.8, 4) is 0 Å². The fraction of sp³-hybridized carbons (Fsp3) is 0.444. The zero-order valence-corrected chi connectivity index (χ0v) is 14.9. The molecular formula is C18H26Zr. The summed E-state index contributed by atoms with van der Waals surface area (Å²) in [4.78, 5) is 0. The maximum atomic E-state index is 3.12. The zero-order valence-electron chi connectivity index (χ0n) is 12.4. The van der Waals surface area contributed by atoms with E-state index in [4.69, 9.17) is 0 Å². The van der Waals surface area contributed by atoms with Crippen LogP contribution in [0.3, 0.4) is 0 Å². The van der Waals surface area contributed by atoms with Gasteiger partial charge in [-0.1, -0.05) is 26.2 Å². The average molecular weight is 334 g/mol. The fourth-order valence-corrected chi connectivity index (χ4v) is 1.75. The second kappa shape index (κ2) is 15.9. The summed E-state index contributed by atoms with van der Waals surface area (Å²) in [5.74, 6) is 0. The molecule has 102 valence electrons. The van der Waals surface area contributed by atoms with Crippen molar-refractivity contribution in [1.82, 2.24) is 0 Å². The molecule has 19 heavy (non-hydrogen) atoms. The van der Waals surface area contributed by atoms with Crippen LogP contribution >= 0.6 is 0 Å². The van der Waals surface area contributed by atoms with Crippen molar-refractivity contribution in [3.63, 3.8) is 0 Å². The van der Waals surface area contributed by atoms with Crippen LogP contribution in [-0.4, -0.2) is 0 Å². The van der Waals surface area contributed by atoms with Gasteiger partial charge in [-0.2, -0.15) is 25.0 Å². The molecule has 0 heterocycles. The SMILES string of the molecule is CC1=[C-]CC=C1.[C-]1=CC=CC1.[CH-]1CCCCC1.[CH3-].[Zr+4]. The normalized spacial score (nSPS) is 18.1. The Kier molecular flexibility index (Phi) is 17.7. The van der Waals surface area contributed by atoms with E-state index in [1.165, 1.54) is 37.7 Å². The van der Waals surface area contributed by atoms with Gasteiger partial charge in [0.15, 0.2) is 0 Å². The Bertz CT molecular complexity index is 267. The summed E-state index contributed by atoms with van der Waals surface area (Å²) in [5, 5.41) is 0. The fourth-order valence-electron chi connectivity index (χ4n) is 1.75. The zero-order chi connectivity index (χ0) is 12.2. The molecule has 0 N–H and O–H groups in total. The quantitative estimate of drug-likeness (QED) is 0.506. The Morgan fingerprint density at radius 3 is 1.95 bits per heavy atom. The van der Waals surface area contributed by atoms with Crippen molar-refractivity contribution in [2.45, 2.75) is 51.9 Å². The van der Waals surface area contributed by atoms with E-state index in [-0.39, 0.29) is 33.6 Å². The smallest absolute Gasteiger partial charge is 0.358 e. The molecule has 0 aromatic heterocycles. The Morgan fingerprint density at radius 2 is 1.79 bits per heavy atom. The minimum absolute atomic E-state index is 0. The summed E-state index contributed by atoms with van der Waals surface area (Å²) in [6, 6.07) is 0. The maximum Gasteiger partial charge on any atom is 4.00 e. The van der Waals surface area contributed by atoms with Crippen LogP contribution in [0, 0.1) is 26.0 Å². The van der Waals surface area contributed by atoms with Crippen molar-refractivity contribution in [2.24, 2.45) is 0 Å². The molecule has 0 aliphatic heterocycles. The molecular weight excluding hydrogens is 307 g/mol. The minimum Gasteiger partial charge on any atom is -0.358 e. The van der Waals surface area contributed by atoms with E-state index in [9.17, 15) is 0 Å². The van der Waals surface area contributed by atoms with Crippen molar-refractivity contribution < 1.29 is 26.2 Å². The van der Waals surface area contributed by atoms with Crippen LogP contribution < -0.4 is 0 Å². The molecule has 0 atom stereocenters. The number of rotatable bonds is 0. The van der Waals surface area contributed by atoms with Gasteiger partial charge >= 0.3 is 26.2 Å². The van der Waals surface area contributed by atoms with Gasteiger partial charge in [-0.3, -0.25) is 12.2 Å². The Balaban J connectivity index is 0. The molecule has 0 bridgehead atoms. The van der Waals surface area contributed by atoms with Gasteiger partial charge in [0.2, 0.25) is 0 Å². The molecule has 0 nitrogen and oxygen atoms in total. The predicted molar refractivity (Wildman–Crippen MR) is 81.6 cm³/mol. The van der Waals surface area contributed by atoms with Crippen LogP contribution in [0.1, 0.15) is 51.9 Å². The summed E-state index contributed by atoms with van der Waals surface area (Å²) < 4.78 is 0. The van der Waals surface area contributed by atoms with Gasteiger partial charge in [0, 0.05) is 0 Å². The van der Waals surface area contributed by atoms with Gasteiger partial charge in [-0.05, 0) is 0 Å². The molecule has 0 aromatic rings. The first-order valence-electron chi connectivity index (χ1n) is 6.67. The molecule has 0 radical (unpaired) electrons. The van der Waals surface area contributed by atoms with Crippen LogP contribution in [0.4, 0.5) is 0 Å². The summed E-state index contributed by atoms with van der Waals surface area (Å²) in [6.45, 7) is 2.06. The van der Waals surface area contributed by atoms with Gasteiger partial charge in [0.1, 0.15) is 0 Å². The van der Waals surface area contributed by atoms with Crippen molar-refractivity contribution >= 4 is 0 Å². The monoisotopic (exact) mass is 332 g/mol. The second-order valence-electron chi connectivity index (χ2n) is 4.40. The molecule has 1 fully saturated rings. The molecule has 0 aromatic carbocycles. The Labute approximate surface area is 139 Å². The van der Waals surface area contributed by atoms with E-state index in [1.54, 1.807) is 0 Å². The Morgan fingerprint density at radius 1 is 1.05 bits per heavy atom. The van der Waals surface area contributed by atoms with Gasteiger partial charge in [-0.25, -0.2) is 23.8 Å². The first-order chi connectivity index (χ1) is 8.39. The molecule has 1 heteroatoms. The van der Waals surface area contributed by atoms with Crippen molar-refractivity contribution in [2.75, 3.05) is 0 Å². The van der Waals surface area contributed by atoms with Gasteiger partial charge in [-0.15, -0.1) is 12.8 Å². The summed E-state index contributed by atoms with van der Waals surface area (Å²) in [6.07, 6.45) is 27.8. The van der Waals surface area contributed by atoms with E-state index < -0.39 is 0 Å². The first-order valence-corrected chi connectivity index (χ1v) is 6.67. The van der Waals surface area contributed by atoms with Crippen LogP contribution in [0.2, 0.25) is 0 Å². The van der Waals surface area contributed by atoms with Crippen LogP contribution in [0.25, 0.3) is 0 Å². The van der Waals surface area contributed by atoms with Gasteiger partial charge in [0.05, 0.1) is 0 Å². The first kappa shape index (κ1) is 21.1. The third-order valence-electron chi connectivity index (χ3n) is 2.77. The van der Waals surface area contributed by atoms with E-state index in [2.05, 4.69) is 43.7 Å². The third-order valence-corrected chi connectivity index (χ3v) is 2.77. The molecule has 3 aliphatic carbocycles. The molecule has 0 amide bonds. The third kappa shape index (κ3) is 14.1. The molecule has 3 aliphatic rings. The molecule has 0 saturated heterocycles. The van der Waals surface area contributed by atoms with Crippen LogP contribution in [0.15, 0.2) is 36.0 Å². The summed E-state index contributed by atoms with van der Waals surface area (Å²) in [7, 11) is 0. The predicted octanol–water partition coefficient (Wildman–Crippen LogP) is 5.60.